The van der Waals surface area contributed by atoms with E-state index in [-0.39, 0.29) is 5.69 Å². The number of carboxylic acids is 1. The molecule has 0 spiro atoms. The van der Waals surface area contributed by atoms with Crippen molar-refractivity contribution in [3.63, 3.8) is 0 Å². The molecule has 5 heteroatoms. The molecule has 0 aliphatic carbocycles. The lowest BCUT2D eigenvalue weighted by atomic mass is 10.1. The number of H-pyrrole nitrogens is 1. The first-order valence-electron chi connectivity index (χ1n) is 4.45. The van der Waals surface area contributed by atoms with E-state index in [4.69, 9.17) is 28.3 Å². The van der Waals surface area contributed by atoms with E-state index in [0.29, 0.717) is 10.0 Å². The quantitative estimate of drug-likeness (QED) is 0.860. The Labute approximate surface area is 102 Å². The average Bonchev–Trinajstić information content (AvgIpc) is 2.66. The van der Waals surface area contributed by atoms with Crippen LogP contribution in [0.5, 0.6) is 0 Å². The van der Waals surface area contributed by atoms with Crippen LogP contribution in [0.4, 0.5) is 0 Å². The topological polar surface area (TPSA) is 53.1 Å². The van der Waals surface area contributed by atoms with Crippen molar-refractivity contribution < 1.29 is 9.90 Å². The fraction of sp³-hybridized carbons (Fsp3) is 0. The van der Waals surface area contributed by atoms with Crippen LogP contribution in [0.1, 0.15) is 10.5 Å². The minimum atomic E-state index is -1.00. The first-order chi connectivity index (χ1) is 7.58. The van der Waals surface area contributed by atoms with Crippen molar-refractivity contribution in [1.29, 1.82) is 0 Å². The van der Waals surface area contributed by atoms with E-state index >= 15 is 0 Å². The minimum absolute atomic E-state index is 0.126. The fourth-order valence-corrected chi connectivity index (χ4v) is 1.91. The van der Waals surface area contributed by atoms with E-state index in [2.05, 4.69) is 4.98 Å². The van der Waals surface area contributed by atoms with E-state index in [1.165, 1.54) is 6.07 Å². The van der Waals surface area contributed by atoms with Crippen LogP contribution in [0.25, 0.3) is 11.1 Å². The lowest BCUT2D eigenvalue weighted by Gasteiger charge is -2.01. The Morgan fingerprint density at radius 2 is 2.00 bits per heavy atom. The van der Waals surface area contributed by atoms with Gasteiger partial charge in [0.05, 0.1) is 0 Å². The normalized spacial score (nSPS) is 10.4. The number of aromatic amines is 1. The van der Waals surface area contributed by atoms with Gasteiger partial charge >= 0.3 is 5.97 Å². The number of carbonyl (C=O) groups is 1. The number of aromatic carboxylic acids is 1. The molecule has 16 heavy (non-hydrogen) atoms. The molecule has 3 nitrogen and oxygen atoms in total. The molecular formula is C11H7Cl2NO2. The van der Waals surface area contributed by atoms with Gasteiger partial charge in [0.25, 0.3) is 0 Å². The van der Waals surface area contributed by atoms with Gasteiger partial charge in [-0.3, -0.25) is 0 Å². The molecule has 2 rings (SSSR count). The summed E-state index contributed by atoms with van der Waals surface area (Å²) in [6.45, 7) is 0. The summed E-state index contributed by atoms with van der Waals surface area (Å²) in [7, 11) is 0. The van der Waals surface area contributed by atoms with Crippen LogP contribution in [0.15, 0.2) is 30.5 Å². The third-order valence-corrected chi connectivity index (χ3v) is 2.70. The van der Waals surface area contributed by atoms with E-state index in [0.717, 1.165) is 11.1 Å². The summed E-state index contributed by atoms with van der Waals surface area (Å²) >= 11 is 11.8. The number of aromatic nitrogens is 1. The highest BCUT2D eigenvalue weighted by atomic mass is 35.5. The Balaban J connectivity index is 2.46. The summed E-state index contributed by atoms with van der Waals surface area (Å²) < 4.78 is 0. The van der Waals surface area contributed by atoms with Gasteiger partial charge in [-0.25, -0.2) is 4.79 Å². The van der Waals surface area contributed by atoms with E-state index in [1.54, 1.807) is 24.4 Å². The predicted molar refractivity (Wildman–Crippen MR) is 63.2 cm³/mol. The summed E-state index contributed by atoms with van der Waals surface area (Å²) in [6, 6.07) is 6.60. The SMILES string of the molecule is O=C(O)c1cc(-c2ccc(Cl)cc2Cl)c[nH]1. The number of carboxylic acid groups (broad SMARTS) is 1. The molecule has 0 aliphatic heterocycles. The summed E-state index contributed by atoms with van der Waals surface area (Å²) in [5, 5.41) is 9.81. The Morgan fingerprint density at radius 1 is 1.25 bits per heavy atom. The van der Waals surface area contributed by atoms with Crippen molar-refractivity contribution >= 4 is 29.2 Å². The van der Waals surface area contributed by atoms with Gasteiger partial charge in [-0.15, -0.1) is 0 Å². The maximum atomic E-state index is 10.7. The summed E-state index contributed by atoms with van der Waals surface area (Å²) in [6.07, 6.45) is 1.60. The molecule has 0 aliphatic rings. The lowest BCUT2D eigenvalue weighted by molar-refractivity contribution is 0.0691. The van der Waals surface area contributed by atoms with E-state index in [9.17, 15) is 4.79 Å². The first kappa shape index (κ1) is 11.0. The zero-order valence-electron chi connectivity index (χ0n) is 8.00. The van der Waals surface area contributed by atoms with Gasteiger partial charge in [0.15, 0.2) is 0 Å². The van der Waals surface area contributed by atoms with Crippen molar-refractivity contribution in [2.45, 2.75) is 0 Å². The highest BCUT2D eigenvalue weighted by molar-refractivity contribution is 6.36. The molecule has 1 aromatic heterocycles. The first-order valence-corrected chi connectivity index (χ1v) is 5.20. The second-order valence-corrected chi connectivity index (χ2v) is 4.07. The largest absolute Gasteiger partial charge is 0.477 e. The summed E-state index contributed by atoms with van der Waals surface area (Å²) in [5.74, 6) is -1.00. The van der Waals surface area contributed by atoms with Gasteiger partial charge in [0.2, 0.25) is 0 Å². The Morgan fingerprint density at radius 3 is 2.56 bits per heavy atom. The van der Waals surface area contributed by atoms with Crippen molar-refractivity contribution in [3.05, 3.63) is 46.2 Å². The number of hydrogen-bond acceptors (Lipinski definition) is 1. The molecule has 1 aromatic carbocycles. The number of benzene rings is 1. The Hall–Kier alpha value is -1.45. The predicted octanol–water partition coefficient (Wildman–Crippen LogP) is 3.69. The van der Waals surface area contributed by atoms with Crippen LogP contribution < -0.4 is 0 Å². The second-order valence-electron chi connectivity index (χ2n) is 3.23. The molecule has 2 N–H and O–H groups in total. The number of hydrogen-bond donors (Lipinski definition) is 2. The molecular weight excluding hydrogens is 249 g/mol. The third kappa shape index (κ3) is 2.05. The molecule has 2 aromatic rings. The standard InChI is InChI=1S/C11H7Cl2NO2/c12-7-1-2-8(9(13)4-7)6-3-10(11(15)16)14-5-6/h1-5,14H,(H,15,16). The zero-order valence-corrected chi connectivity index (χ0v) is 9.51. The van der Waals surface area contributed by atoms with Crippen LogP contribution in [-0.2, 0) is 0 Å². The molecule has 0 unspecified atom stereocenters. The molecule has 0 atom stereocenters. The molecule has 82 valence electrons. The van der Waals surface area contributed by atoms with E-state index in [1.807, 2.05) is 0 Å². The number of nitrogens with one attached hydrogen (secondary N) is 1. The van der Waals surface area contributed by atoms with Gasteiger partial charge in [-0.1, -0.05) is 29.3 Å². The Kier molecular flexibility index (Phi) is 2.90. The number of halogens is 2. The van der Waals surface area contributed by atoms with Gasteiger partial charge in [0.1, 0.15) is 5.69 Å². The lowest BCUT2D eigenvalue weighted by Crippen LogP contribution is -1.94. The molecule has 0 saturated carbocycles. The summed E-state index contributed by atoms with van der Waals surface area (Å²) in [5.41, 5.74) is 1.59. The highest BCUT2D eigenvalue weighted by Crippen LogP contribution is 2.30. The van der Waals surface area contributed by atoms with Gasteiger partial charge in [-0.05, 0) is 18.2 Å². The molecule has 0 amide bonds. The van der Waals surface area contributed by atoms with Crippen molar-refractivity contribution in [2.24, 2.45) is 0 Å². The van der Waals surface area contributed by atoms with Crippen LogP contribution in [-0.4, -0.2) is 16.1 Å². The van der Waals surface area contributed by atoms with Crippen LogP contribution in [0.3, 0.4) is 0 Å². The van der Waals surface area contributed by atoms with Gasteiger partial charge in [-0.2, -0.15) is 0 Å². The molecule has 0 bridgehead atoms. The monoisotopic (exact) mass is 255 g/mol. The summed E-state index contributed by atoms with van der Waals surface area (Å²) in [4.78, 5) is 13.4. The van der Waals surface area contributed by atoms with Crippen molar-refractivity contribution in [2.75, 3.05) is 0 Å². The average molecular weight is 256 g/mol. The van der Waals surface area contributed by atoms with Crippen molar-refractivity contribution in [1.82, 2.24) is 4.98 Å². The number of rotatable bonds is 2. The van der Waals surface area contributed by atoms with Crippen LogP contribution >= 0.6 is 23.2 Å². The fourth-order valence-electron chi connectivity index (χ4n) is 1.40. The minimum Gasteiger partial charge on any atom is -0.477 e. The highest BCUT2D eigenvalue weighted by Gasteiger charge is 2.10. The maximum Gasteiger partial charge on any atom is 0.352 e. The smallest absolute Gasteiger partial charge is 0.352 e. The molecule has 0 fully saturated rings. The Bertz CT molecular complexity index is 549. The molecule has 0 saturated heterocycles. The maximum absolute atomic E-state index is 10.7. The zero-order chi connectivity index (χ0) is 11.7. The third-order valence-electron chi connectivity index (χ3n) is 2.16. The molecule has 1 heterocycles. The second kappa shape index (κ2) is 4.20. The van der Waals surface area contributed by atoms with Gasteiger partial charge < -0.3 is 10.1 Å². The van der Waals surface area contributed by atoms with E-state index < -0.39 is 5.97 Å². The van der Waals surface area contributed by atoms with Crippen LogP contribution in [0, 0.1) is 0 Å². The van der Waals surface area contributed by atoms with Crippen LogP contribution in [0.2, 0.25) is 10.0 Å². The van der Waals surface area contributed by atoms with Crippen molar-refractivity contribution in [3.8, 4) is 11.1 Å². The molecule has 0 radical (unpaired) electrons. The van der Waals surface area contributed by atoms with Gasteiger partial charge in [0, 0.05) is 27.4 Å².